The van der Waals surface area contributed by atoms with Gasteiger partial charge in [-0.05, 0) is 12.1 Å². The lowest BCUT2D eigenvalue weighted by atomic mass is 10.3. The van der Waals surface area contributed by atoms with Crippen molar-refractivity contribution in [3.05, 3.63) is 22.8 Å². The molecule has 0 radical (unpaired) electrons. The van der Waals surface area contributed by atoms with Gasteiger partial charge in [0.25, 0.3) is 0 Å². The van der Waals surface area contributed by atoms with Crippen molar-refractivity contribution in [3.8, 4) is 0 Å². The van der Waals surface area contributed by atoms with Gasteiger partial charge in [0.05, 0.1) is 23.8 Å². The van der Waals surface area contributed by atoms with Crippen LogP contribution in [0.15, 0.2) is 12.1 Å². The minimum absolute atomic E-state index is 0.0299. The number of nitrogens with one attached hydrogen (secondary N) is 2. The van der Waals surface area contributed by atoms with Crippen LogP contribution in [0.2, 0.25) is 5.02 Å². The standard InChI is InChI=1S/C10H11ClN4O2/c1-12-8-3-2-6(11)7(14-8)5-15-9(16)4-13-10(15)17/h2-3H,4-5H2,1H3,(H,12,14)(H,13,17). The number of urea groups is 1. The van der Waals surface area contributed by atoms with Gasteiger partial charge in [-0.1, -0.05) is 11.6 Å². The van der Waals surface area contributed by atoms with Crippen molar-refractivity contribution in [2.75, 3.05) is 18.9 Å². The third kappa shape index (κ3) is 2.31. The second-order valence-electron chi connectivity index (χ2n) is 3.51. The molecule has 2 N–H and O–H groups in total. The molecule has 1 aromatic heterocycles. The van der Waals surface area contributed by atoms with Gasteiger partial charge in [-0.25, -0.2) is 9.78 Å². The average Bonchev–Trinajstić information content (AvgIpc) is 2.63. The molecule has 0 saturated carbocycles. The zero-order valence-corrected chi connectivity index (χ0v) is 9.91. The van der Waals surface area contributed by atoms with Crippen molar-refractivity contribution < 1.29 is 9.59 Å². The summed E-state index contributed by atoms with van der Waals surface area (Å²) in [5, 5.41) is 5.73. The Bertz CT molecular complexity index is 461. The first-order valence-electron chi connectivity index (χ1n) is 5.03. The second-order valence-corrected chi connectivity index (χ2v) is 3.92. The molecule has 3 amide bonds. The zero-order chi connectivity index (χ0) is 12.4. The molecule has 2 heterocycles. The Hall–Kier alpha value is -1.82. The lowest BCUT2D eigenvalue weighted by Crippen LogP contribution is -2.30. The molecule has 0 bridgehead atoms. The van der Waals surface area contributed by atoms with Crippen molar-refractivity contribution in [2.45, 2.75) is 6.54 Å². The molecule has 0 spiro atoms. The molecule has 0 atom stereocenters. The number of carbonyl (C=O) groups excluding carboxylic acids is 2. The van der Waals surface area contributed by atoms with Crippen LogP contribution in [-0.2, 0) is 11.3 Å². The van der Waals surface area contributed by atoms with Crippen LogP contribution in [0.3, 0.4) is 0 Å². The number of imide groups is 1. The summed E-state index contributed by atoms with van der Waals surface area (Å²) in [4.78, 5) is 28.1. The molecule has 6 nitrogen and oxygen atoms in total. The Morgan fingerprint density at radius 2 is 2.29 bits per heavy atom. The first-order chi connectivity index (χ1) is 8.11. The smallest absolute Gasteiger partial charge is 0.324 e. The Kier molecular flexibility index (Phi) is 3.14. The molecule has 1 aromatic rings. The number of halogens is 1. The van der Waals surface area contributed by atoms with E-state index >= 15 is 0 Å². The fourth-order valence-corrected chi connectivity index (χ4v) is 1.66. The molecule has 2 rings (SSSR count). The Morgan fingerprint density at radius 1 is 1.53 bits per heavy atom. The molecule has 0 unspecified atom stereocenters. The highest BCUT2D eigenvalue weighted by molar-refractivity contribution is 6.31. The minimum Gasteiger partial charge on any atom is -0.373 e. The number of hydrogen-bond donors (Lipinski definition) is 2. The normalized spacial score (nSPS) is 15.1. The highest BCUT2D eigenvalue weighted by atomic mass is 35.5. The zero-order valence-electron chi connectivity index (χ0n) is 9.16. The third-order valence-electron chi connectivity index (χ3n) is 2.42. The molecule has 0 aromatic carbocycles. The van der Waals surface area contributed by atoms with Crippen LogP contribution in [0.4, 0.5) is 10.6 Å². The van der Waals surface area contributed by atoms with Gasteiger partial charge in [0.15, 0.2) is 0 Å². The number of rotatable bonds is 3. The van der Waals surface area contributed by atoms with Gasteiger partial charge in [0.1, 0.15) is 5.82 Å². The Balaban J connectivity index is 2.23. The van der Waals surface area contributed by atoms with E-state index in [1.165, 1.54) is 0 Å². The Morgan fingerprint density at radius 3 is 2.88 bits per heavy atom. The summed E-state index contributed by atoms with van der Waals surface area (Å²) in [6.07, 6.45) is 0. The molecule has 1 saturated heterocycles. The van der Waals surface area contributed by atoms with E-state index in [1.807, 2.05) is 0 Å². The molecular weight excluding hydrogens is 244 g/mol. The molecule has 1 fully saturated rings. The third-order valence-corrected chi connectivity index (χ3v) is 2.76. The fraction of sp³-hybridized carbons (Fsp3) is 0.300. The number of amides is 3. The first-order valence-corrected chi connectivity index (χ1v) is 5.41. The van der Waals surface area contributed by atoms with Crippen LogP contribution in [-0.4, -0.2) is 35.4 Å². The maximum atomic E-state index is 11.4. The maximum absolute atomic E-state index is 11.4. The summed E-state index contributed by atoms with van der Waals surface area (Å²) in [7, 11) is 1.73. The largest absolute Gasteiger partial charge is 0.373 e. The summed E-state index contributed by atoms with van der Waals surface area (Å²) >= 11 is 5.97. The maximum Gasteiger partial charge on any atom is 0.324 e. The van der Waals surface area contributed by atoms with Gasteiger partial charge < -0.3 is 10.6 Å². The highest BCUT2D eigenvalue weighted by Gasteiger charge is 2.29. The summed E-state index contributed by atoms with van der Waals surface area (Å²) in [6, 6.07) is 2.98. The predicted octanol–water partition coefficient (Wildman–Crippen LogP) is 0.829. The highest BCUT2D eigenvalue weighted by Crippen LogP contribution is 2.19. The quantitative estimate of drug-likeness (QED) is 0.784. The van der Waals surface area contributed by atoms with E-state index in [9.17, 15) is 9.59 Å². The summed E-state index contributed by atoms with van der Waals surface area (Å²) < 4.78 is 0. The van der Waals surface area contributed by atoms with Crippen molar-refractivity contribution >= 4 is 29.4 Å². The van der Waals surface area contributed by atoms with Gasteiger partial charge in [-0.3, -0.25) is 9.69 Å². The average molecular weight is 255 g/mol. The molecule has 7 heteroatoms. The number of anilines is 1. The van der Waals surface area contributed by atoms with Crippen LogP contribution < -0.4 is 10.6 Å². The van der Waals surface area contributed by atoms with Crippen LogP contribution in [0.25, 0.3) is 0 Å². The van der Waals surface area contributed by atoms with E-state index in [-0.39, 0.29) is 19.0 Å². The van der Waals surface area contributed by atoms with Crippen LogP contribution in [0.5, 0.6) is 0 Å². The topological polar surface area (TPSA) is 74.3 Å². The molecular formula is C10H11ClN4O2. The SMILES string of the molecule is CNc1ccc(Cl)c(CN2C(=O)CNC2=O)n1. The minimum atomic E-state index is -0.414. The van der Waals surface area contributed by atoms with Gasteiger partial charge in [0, 0.05) is 7.05 Å². The molecule has 90 valence electrons. The van der Waals surface area contributed by atoms with Gasteiger partial charge in [0.2, 0.25) is 5.91 Å². The molecule has 1 aliphatic rings. The van der Waals surface area contributed by atoms with Gasteiger partial charge in [-0.15, -0.1) is 0 Å². The lowest BCUT2D eigenvalue weighted by Gasteiger charge is -2.13. The number of aromatic nitrogens is 1. The van der Waals surface area contributed by atoms with Gasteiger partial charge in [-0.2, -0.15) is 0 Å². The second kappa shape index (κ2) is 4.58. The van der Waals surface area contributed by atoms with Crippen LogP contribution in [0, 0.1) is 0 Å². The van der Waals surface area contributed by atoms with E-state index in [4.69, 9.17) is 11.6 Å². The Labute approximate surface area is 103 Å². The van der Waals surface area contributed by atoms with E-state index < -0.39 is 6.03 Å². The van der Waals surface area contributed by atoms with Crippen molar-refractivity contribution in [1.82, 2.24) is 15.2 Å². The number of hydrogen-bond acceptors (Lipinski definition) is 4. The predicted molar refractivity (Wildman–Crippen MR) is 62.7 cm³/mol. The van der Waals surface area contributed by atoms with E-state index in [2.05, 4.69) is 15.6 Å². The summed E-state index contributed by atoms with van der Waals surface area (Å²) in [5.74, 6) is 0.360. The monoisotopic (exact) mass is 254 g/mol. The first kappa shape index (κ1) is 11.7. The van der Waals surface area contributed by atoms with Crippen LogP contribution >= 0.6 is 11.6 Å². The number of nitrogens with zero attached hydrogens (tertiary/aromatic N) is 2. The lowest BCUT2D eigenvalue weighted by molar-refractivity contribution is -0.125. The summed E-state index contributed by atoms with van der Waals surface area (Å²) in [6.45, 7) is 0.112. The summed E-state index contributed by atoms with van der Waals surface area (Å²) in [5.41, 5.74) is 0.490. The van der Waals surface area contributed by atoms with Gasteiger partial charge >= 0.3 is 6.03 Å². The van der Waals surface area contributed by atoms with Crippen molar-refractivity contribution in [1.29, 1.82) is 0 Å². The van der Waals surface area contributed by atoms with E-state index in [1.54, 1.807) is 19.2 Å². The molecule has 17 heavy (non-hydrogen) atoms. The number of pyridine rings is 1. The number of carbonyl (C=O) groups is 2. The molecule has 1 aliphatic heterocycles. The van der Waals surface area contributed by atoms with Crippen molar-refractivity contribution in [3.63, 3.8) is 0 Å². The molecule has 0 aliphatic carbocycles. The van der Waals surface area contributed by atoms with Crippen LogP contribution in [0.1, 0.15) is 5.69 Å². The van der Waals surface area contributed by atoms with E-state index in [0.29, 0.717) is 16.5 Å². The van der Waals surface area contributed by atoms with E-state index in [0.717, 1.165) is 4.90 Å². The van der Waals surface area contributed by atoms with Crippen molar-refractivity contribution in [2.24, 2.45) is 0 Å². The fourth-order valence-electron chi connectivity index (χ4n) is 1.50.